The van der Waals surface area contributed by atoms with Crippen molar-refractivity contribution < 1.29 is 4.74 Å². The van der Waals surface area contributed by atoms with Crippen LogP contribution in [0.2, 0.25) is 0 Å². The Labute approximate surface area is 126 Å². The number of hydrogen-bond donors (Lipinski definition) is 1. The van der Waals surface area contributed by atoms with Crippen LogP contribution in [0, 0.1) is 6.92 Å². The summed E-state index contributed by atoms with van der Waals surface area (Å²) in [4.78, 5) is 8.75. The van der Waals surface area contributed by atoms with E-state index in [-0.39, 0.29) is 0 Å². The van der Waals surface area contributed by atoms with Crippen LogP contribution in [-0.4, -0.2) is 9.97 Å². The Kier molecular flexibility index (Phi) is 4.78. The van der Waals surface area contributed by atoms with E-state index in [2.05, 4.69) is 42.9 Å². The van der Waals surface area contributed by atoms with Gasteiger partial charge in [-0.3, -0.25) is 0 Å². The molecule has 0 aliphatic heterocycles. The smallest absolute Gasteiger partial charge is 0.227 e. The molecule has 0 unspecified atom stereocenters. The van der Waals surface area contributed by atoms with Crippen molar-refractivity contribution in [2.24, 2.45) is 0 Å². The molecule has 0 atom stereocenters. The van der Waals surface area contributed by atoms with Gasteiger partial charge in [0.1, 0.15) is 17.4 Å². The lowest BCUT2D eigenvalue weighted by atomic mass is 10.0. The van der Waals surface area contributed by atoms with Crippen LogP contribution in [0.15, 0.2) is 24.3 Å². The van der Waals surface area contributed by atoms with Crippen molar-refractivity contribution in [3.63, 3.8) is 0 Å². The van der Waals surface area contributed by atoms with E-state index >= 15 is 0 Å². The third kappa shape index (κ3) is 3.72. The fourth-order valence-corrected chi connectivity index (χ4v) is 2.03. The minimum atomic E-state index is 0.488. The molecular weight excluding hydrogens is 262 g/mol. The first-order valence-electron chi connectivity index (χ1n) is 7.42. The first-order valence-corrected chi connectivity index (χ1v) is 7.42. The van der Waals surface area contributed by atoms with Crippen LogP contribution in [-0.2, 0) is 6.42 Å². The van der Waals surface area contributed by atoms with E-state index in [0.29, 0.717) is 17.6 Å². The third-order valence-corrected chi connectivity index (χ3v) is 3.42. The van der Waals surface area contributed by atoms with Crippen LogP contribution >= 0.6 is 0 Å². The predicted molar refractivity (Wildman–Crippen MR) is 85.8 cm³/mol. The molecule has 2 rings (SSSR count). The molecule has 1 aromatic carbocycles. The van der Waals surface area contributed by atoms with Crippen LogP contribution in [0.5, 0.6) is 11.6 Å². The number of nitrogen functional groups attached to an aromatic ring is 1. The van der Waals surface area contributed by atoms with E-state index in [1.165, 1.54) is 5.56 Å². The number of nitrogens with two attached hydrogens (primary N) is 1. The summed E-state index contributed by atoms with van der Waals surface area (Å²) in [5.74, 6) is 3.04. The molecule has 2 aromatic rings. The zero-order valence-corrected chi connectivity index (χ0v) is 13.2. The number of anilines is 1. The fourth-order valence-electron chi connectivity index (χ4n) is 2.03. The van der Waals surface area contributed by atoms with Crippen molar-refractivity contribution in [1.82, 2.24) is 9.97 Å². The molecule has 1 aromatic heterocycles. The summed E-state index contributed by atoms with van der Waals surface area (Å²) in [5.41, 5.74) is 8.00. The maximum atomic E-state index is 5.94. The van der Waals surface area contributed by atoms with Crippen molar-refractivity contribution in [2.45, 2.75) is 46.5 Å². The second-order valence-electron chi connectivity index (χ2n) is 5.53. The summed E-state index contributed by atoms with van der Waals surface area (Å²) in [7, 11) is 0. The van der Waals surface area contributed by atoms with E-state index in [4.69, 9.17) is 10.5 Å². The second-order valence-corrected chi connectivity index (χ2v) is 5.53. The molecule has 0 radical (unpaired) electrons. The minimum Gasteiger partial charge on any atom is -0.439 e. The lowest BCUT2D eigenvalue weighted by Gasteiger charge is -2.12. The first-order chi connectivity index (χ1) is 10.0. The molecule has 2 N–H and O–H groups in total. The van der Waals surface area contributed by atoms with Crippen LogP contribution < -0.4 is 10.5 Å². The number of aromatic nitrogens is 2. The zero-order chi connectivity index (χ0) is 15.4. The molecule has 21 heavy (non-hydrogen) atoms. The van der Waals surface area contributed by atoms with E-state index in [1.54, 1.807) is 0 Å². The summed E-state index contributed by atoms with van der Waals surface area (Å²) < 4.78 is 5.88. The van der Waals surface area contributed by atoms with Crippen molar-refractivity contribution >= 4 is 5.82 Å². The topological polar surface area (TPSA) is 61.0 Å². The number of nitrogens with zero attached hydrogens (tertiary/aromatic N) is 2. The Morgan fingerprint density at radius 2 is 1.81 bits per heavy atom. The van der Waals surface area contributed by atoms with Crippen molar-refractivity contribution in [3.8, 4) is 11.6 Å². The van der Waals surface area contributed by atoms with Crippen molar-refractivity contribution in [3.05, 3.63) is 41.2 Å². The van der Waals surface area contributed by atoms with Crippen molar-refractivity contribution in [1.29, 1.82) is 0 Å². The molecule has 0 aliphatic rings. The highest BCUT2D eigenvalue weighted by Crippen LogP contribution is 2.27. The number of rotatable bonds is 5. The van der Waals surface area contributed by atoms with Gasteiger partial charge in [0.15, 0.2) is 0 Å². The van der Waals surface area contributed by atoms with Gasteiger partial charge >= 0.3 is 0 Å². The van der Waals surface area contributed by atoms with E-state index in [1.807, 2.05) is 19.1 Å². The minimum absolute atomic E-state index is 0.488. The average Bonchev–Trinajstić information content (AvgIpc) is 2.45. The van der Waals surface area contributed by atoms with E-state index in [9.17, 15) is 0 Å². The molecule has 0 amide bonds. The van der Waals surface area contributed by atoms with Gasteiger partial charge in [0.2, 0.25) is 5.88 Å². The Hall–Kier alpha value is -2.10. The van der Waals surface area contributed by atoms with Crippen LogP contribution in [0.3, 0.4) is 0 Å². The molecule has 0 fully saturated rings. The molecule has 4 nitrogen and oxygen atoms in total. The Morgan fingerprint density at radius 3 is 2.38 bits per heavy atom. The van der Waals surface area contributed by atoms with Crippen LogP contribution in [0.25, 0.3) is 0 Å². The van der Waals surface area contributed by atoms with Gasteiger partial charge in [-0.05, 0) is 37.0 Å². The van der Waals surface area contributed by atoms with Gasteiger partial charge in [-0.25, -0.2) is 4.98 Å². The maximum absolute atomic E-state index is 5.94. The molecule has 4 heteroatoms. The number of benzene rings is 1. The average molecular weight is 285 g/mol. The van der Waals surface area contributed by atoms with Gasteiger partial charge in [0.25, 0.3) is 0 Å². The molecule has 0 aliphatic carbocycles. The van der Waals surface area contributed by atoms with Crippen molar-refractivity contribution in [2.75, 3.05) is 5.73 Å². The summed E-state index contributed by atoms with van der Waals surface area (Å²) in [5, 5.41) is 0. The lowest BCUT2D eigenvalue weighted by Crippen LogP contribution is -2.05. The van der Waals surface area contributed by atoms with E-state index < -0.39 is 0 Å². The first kappa shape index (κ1) is 15.3. The fraction of sp³-hybridized carbons (Fsp3) is 0.412. The second kappa shape index (κ2) is 6.57. The Bertz CT molecular complexity index is 606. The number of hydrogen-bond acceptors (Lipinski definition) is 4. The SMILES string of the molecule is CCCc1nc(N)c(C)c(Oc2ccc(C(C)C)cc2)n1. The highest BCUT2D eigenvalue weighted by atomic mass is 16.5. The van der Waals surface area contributed by atoms with Gasteiger partial charge in [0, 0.05) is 6.42 Å². The summed E-state index contributed by atoms with van der Waals surface area (Å²) in [6.07, 6.45) is 1.78. The number of ether oxygens (including phenoxy) is 1. The molecule has 112 valence electrons. The van der Waals surface area contributed by atoms with Gasteiger partial charge in [-0.1, -0.05) is 32.9 Å². The summed E-state index contributed by atoms with van der Waals surface area (Å²) in [6.45, 7) is 8.30. The van der Waals surface area contributed by atoms with Gasteiger partial charge in [-0.15, -0.1) is 0 Å². The standard InChI is InChI=1S/C17H23N3O/c1-5-6-15-19-16(18)12(4)17(20-15)21-14-9-7-13(8-10-14)11(2)3/h7-11H,5-6H2,1-4H3,(H2,18,19,20). The molecule has 0 bridgehead atoms. The molecule has 0 saturated heterocycles. The zero-order valence-electron chi connectivity index (χ0n) is 13.2. The Balaban J connectivity index is 2.25. The lowest BCUT2D eigenvalue weighted by molar-refractivity contribution is 0.454. The predicted octanol–water partition coefficient (Wildman–Crippen LogP) is 4.24. The maximum Gasteiger partial charge on any atom is 0.227 e. The molecule has 1 heterocycles. The summed E-state index contributed by atoms with van der Waals surface area (Å²) in [6, 6.07) is 8.08. The molecule has 0 saturated carbocycles. The van der Waals surface area contributed by atoms with Gasteiger partial charge in [-0.2, -0.15) is 4.98 Å². The van der Waals surface area contributed by atoms with Gasteiger partial charge in [0.05, 0.1) is 5.56 Å². The number of aryl methyl sites for hydroxylation is 1. The highest BCUT2D eigenvalue weighted by Gasteiger charge is 2.11. The molecule has 0 spiro atoms. The molecular formula is C17H23N3O. The largest absolute Gasteiger partial charge is 0.439 e. The van der Waals surface area contributed by atoms with Gasteiger partial charge < -0.3 is 10.5 Å². The Morgan fingerprint density at radius 1 is 1.14 bits per heavy atom. The normalized spacial score (nSPS) is 10.9. The van der Waals surface area contributed by atoms with E-state index in [0.717, 1.165) is 30.0 Å². The monoisotopic (exact) mass is 285 g/mol. The quantitative estimate of drug-likeness (QED) is 0.892. The van der Waals surface area contributed by atoms with Crippen LogP contribution in [0.1, 0.15) is 50.1 Å². The third-order valence-electron chi connectivity index (χ3n) is 3.42. The summed E-state index contributed by atoms with van der Waals surface area (Å²) >= 11 is 0. The highest BCUT2D eigenvalue weighted by molar-refractivity contribution is 5.46. The van der Waals surface area contributed by atoms with Crippen LogP contribution in [0.4, 0.5) is 5.82 Å².